The number of pyridine rings is 1. The minimum Gasteiger partial charge on any atom is -0.331 e. The number of rotatable bonds is 3. The Morgan fingerprint density at radius 2 is 2.15 bits per heavy atom. The fourth-order valence-corrected chi connectivity index (χ4v) is 4.98. The van der Waals surface area contributed by atoms with Crippen LogP contribution in [0.5, 0.6) is 0 Å². The van der Waals surface area contributed by atoms with Gasteiger partial charge in [0.1, 0.15) is 5.82 Å². The highest BCUT2D eigenvalue weighted by Crippen LogP contribution is 2.36. The van der Waals surface area contributed by atoms with Crippen LogP contribution in [0.1, 0.15) is 51.6 Å². The van der Waals surface area contributed by atoms with Crippen molar-refractivity contribution in [3.8, 4) is 5.82 Å². The molecule has 0 saturated carbocycles. The maximum Gasteiger partial charge on any atom is 0.256 e. The topological polar surface area (TPSA) is 38.1 Å². The number of aryl methyl sites for hydroxylation is 1. The molecule has 3 aromatic heterocycles. The summed E-state index contributed by atoms with van der Waals surface area (Å²) in [6.45, 7) is 6.99. The maximum atomic E-state index is 13.4. The molecule has 0 N–H and O–H groups in total. The normalized spacial score (nSPS) is 16.6. The van der Waals surface area contributed by atoms with E-state index in [9.17, 15) is 4.79 Å². The molecule has 4 heterocycles. The van der Waals surface area contributed by atoms with Crippen molar-refractivity contribution < 1.29 is 4.79 Å². The highest BCUT2D eigenvalue weighted by Gasteiger charge is 2.32. The molecule has 26 heavy (non-hydrogen) atoms. The molecule has 0 fully saturated rings. The van der Waals surface area contributed by atoms with E-state index < -0.39 is 0 Å². The van der Waals surface area contributed by atoms with Crippen LogP contribution in [0.3, 0.4) is 0 Å². The molecule has 1 aliphatic heterocycles. The summed E-state index contributed by atoms with van der Waals surface area (Å²) in [5.74, 6) is 0.983. The van der Waals surface area contributed by atoms with Crippen LogP contribution in [0.25, 0.3) is 5.82 Å². The molecule has 3 aromatic rings. The summed E-state index contributed by atoms with van der Waals surface area (Å²) in [5, 5.41) is 2.15. The first-order valence-electron chi connectivity index (χ1n) is 9.09. The third-order valence-corrected chi connectivity index (χ3v) is 6.28. The molecule has 0 aromatic carbocycles. The summed E-state index contributed by atoms with van der Waals surface area (Å²) in [6, 6.07) is 10.2. The van der Waals surface area contributed by atoms with E-state index in [0.717, 1.165) is 42.2 Å². The SMILES string of the molecule is CC[C@H]1c2ccsc2CCN1C(=O)c1cc(C)n(-c2ccccn2)c1C. The van der Waals surface area contributed by atoms with Crippen LogP contribution in [0.4, 0.5) is 0 Å². The van der Waals surface area contributed by atoms with Gasteiger partial charge in [0.25, 0.3) is 5.91 Å². The zero-order valence-electron chi connectivity index (χ0n) is 15.4. The van der Waals surface area contributed by atoms with Crippen molar-refractivity contribution >= 4 is 17.2 Å². The van der Waals surface area contributed by atoms with Gasteiger partial charge in [-0.25, -0.2) is 4.98 Å². The Balaban J connectivity index is 1.72. The third-order valence-electron chi connectivity index (χ3n) is 5.28. The van der Waals surface area contributed by atoms with Gasteiger partial charge in [-0.2, -0.15) is 0 Å². The van der Waals surface area contributed by atoms with Crippen molar-refractivity contribution in [2.24, 2.45) is 0 Å². The molecular formula is C21H23N3OS. The van der Waals surface area contributed by atoms with E-state index in [4.69, 9.17) is 0 Å². The molecule has 0 saturated heterocycles. The van der Waals surface area contributed by atoms with Gasteiger partial charge < -0.3 is 9.47 Å². The molecule has 1 atom stereocenters. The van der Waals surface area contributed by atoms with Crippen LogP contribution in [0, 0.1) is 13.8 Å². The van der Waals surface area contributed by atoms with Gasteiger partial charge in [-0.05, 0) is 61.9 Å². The summed E-state index contributed by atoms with van der Waals surface area (Å²) < 4.78 is 2.06. The molecule has 1 amide bonds. The lowest BCUT2D eigenvalue weighted by atomic mass is 9.97. The smallest absolute Gasteiger partial charge is 0.256 e. The number of amides is 1. The zero-order valence-corrected chi connectivity index (χ0v) is 16.2. The Bertz CT molecular complexity index is 942. The number of hydrogen-bond acceptors (Lipinski definition) is 3. The highest BCUT2D eigenvalue weighted by atomic mass is 32.1. The summed E-state index contributed by atoms with van der Waals surface area (Å²) in [7, 11) is 0. The number of nitrogens with zero attached hydrogens (tertiary/aromatic N) is 3. The minimum absolute atomic E-state index is 0.129. The second kappa shape index (κ2) is 6.72. The van der Waals surface area contributed by atoms with Crippen molar-refractivity contribution in [2.45, 2.75) is 39.7 Å². The lowest BCUT2D eigenvalue weighted by Crippen LogP contribution is -2.39. The molecular weight excluding hydrogens is 342 g/mol. The molecule has 1 aliphatic rings. The predicted molar refractivity (Wildman–Crippen MR) is 105 cm³/mol. The molecule has 0 bridgehead atoms. The third kappa shape index (κ3) is 2.67. The van der Waals surface area contributed by atoms with Gasteiger partial charge in [-0.15, -0.1) is 11.3 Å². The Morgan fingerprint density at radius 3 is 2.88 bits per heavy atom. The first-order chi connectivity index (χ1) is 12.6. The van der Waals surface area contributed by atoms with E-state index in [1.54, 1.807) is 6.20 Å². The van der Waals surface area contributed by atoms with Crippen molar-refractivity contribution in [3.05, 3.63) is 69.3 Å². The number of fused-ring (bicyclic) bond motifs is 1. The lowest BCUT2D eigenvalue weighted by molar-refractivity contribution is 0.0656. The van der Waals surface area contributed by atoms with Crippen LogP contribution in [0.2, 0.25) is 0 Å². The Labute approximate surface area is 158 Å². The van der Waals surface area contributed by atoms with E-state index in [0.29, 0.717) is 0 Å². The molecule has 4 rings (SSSR count). The van der Waals surface area contributed by atoms with Crippen molar-refractivity contribution in [2.75, 3.05) is 6.54 Å². The molecule has 0 spiro atoms. The Hall–Kier alpha value is -2.40. The van der Waals surface area contributed by atoms with Gasteiger partial charge in [0, 0.05) is 29.0 Å². The average molecular weight is 366 g/mol. The fraction of sp³-hybridized carbons (Fsp3) is 0.333. The first-order valence-corrected chi connectivity index (χ1v) is 9.97. The number of carbonyl (C=O) groups excluding carboxylic acids is 1. The Kier molecular flexibility index (Phi) is 4.41. The van der Waals surface area contributed by atoms with Crippen molar-refractivity contribution in [1.29, 1.82) is 0 Å². The van der Waals surface area contributed by atoms with E-state index in [1.807, 2.05) is 49.4 Å². The second-order valence-corrected chi connectivity index (χ2v) is 7.78. The molecule has 0 aliphatic carbocycles. The molecule has 0 radical (unpaired) electrons. The monoisotopic (exact) mass is 365 g/mol. The van der Waals surface area contributed by atoms with Crippen LogP contribution < -0.4 is 0 Å². The van der Waals surface area contributed by atoms with Gasteiger partial charge in [-0.3, -0.25) is 4.79 Å². The Morgan fingerprint density at radius 1 is 1.31 bits per heavy atom. The quantitative estimate of drug-likeness (QED) is 0.675. The van der Waals surface area contributed by atoms with Gasteiger partial charge in [0.15, 0.2) is 0 Å². The van der Waals surface area contributed by atoms with E-state index in [2.05, 4.69) is 32.8 Å². The molecule has 5 heteroatoms. The van der Waals surface area contributed by atoms with Crippen molar-refractivity contribution in [1.82, 2.24) is 14.5 Å². The second-order valence-electron chi connectivity index (χ2n) is 6.78. The predicted octanol–water partition coefficient (Wildman–Crippen LogP) is 4.70. The first kappa shape index (κ1) is 17.0. The lowest BCUT2D eigenvalue weighted by Gasteiger charge is -2.35. The van der Waals surface area contributed by atoms with Gasteiger partial charge in [0.05, 0.1) is 11.6 Å². The summed E-state index contributed by atoms with van der Waals surface area (Å²) in [4.78, 5) is 21.3. The summed E-state index contributed by atoms with van der Waals surface area (Å²) in [6.07, 6.45) is 3.67. The summed E-state index contributed by atoms with van der Waals surface area (Å²) >= 11 is 1.81. The average Bonchev–Trinajstić information content (AvgIpc) is 3.25. The van der Waals surface area contributed by atoms with Crippen LogP contribution in [-0.4, -0.2) is 26.9 Å². The van der Waals surface area contributed by atoms with Gasteiger partial charge in [0.2, 0.25) is 0 Å². The largest absolute Gasteiger partial charge is 0.331 e. The highest BCUT2D eigenvalue weighted by molar-refractivity contribution is 7.10. The maximum absolute atomic E-state index is 13.4. The van der Waals surface area contributed by atoms with Crippen LogP contribution in [0.15, 0.2) is 41.9 Å². The molecule has 0 unspecified atom stereocenters. The molecule has 4 nitrogen and oxygen atoms in total. The zero-order chi connectivity index (χ0) is 18.3. The molecule has 134 valence electrons. The van der Waals surface area contributed by atoms with E-state index >= 15 is 0 Å². The number of aromatic nitrogens is 2. The van der Waals surface area contributed by atoms with Gasteiger partial charge in [-0.1, -0.05) is 13.0 Å². The van der Waals surface area contributed by atoms with Crippen molar-refractivity contribution in [3.63, 3.8) is 0 Å². The number of carbonyl (C=O) groups is 1. The summed E-state index contributed by atoms with van der Waals surface area (Å²) in [5.41, 5.74) is 4.10. The van der Waals surface area contributed by atoms with Crippen LogP contribution >= 0.6 is 11.3 Å². The van der Waals surface area contributed by atoms with Crippen LogP contribution in [-0.2, 0) is 6.42 Å². The standard InChI is InChI=1S/C21H23N3OS/c1-4-18-16-9-12-26-19(16)8-11-23(18)21(25)17-13-14(2)24(15(17)3)20-7-5-6-10-22-20/h5-7,9-10,12-13,18H,4,8,11H2,1-3H3/t18-/m0/s1. The van der Waals surface area contributed by atoms with E-state index in [-0.39, 0.29) is 11.9 Å². The minimum atomic E-state index is 0.129. The number of hydrogen-bond donors (Lipinski definition) is 0. The number of thiophene rings is 1. The van der Waals surface area contributed by atoms with E-state index in [1.165, 1.54) is 10.4 Å². The van der Waals surface area contributed by atoms with Gasteiger partial charge >= 0.3 is 0 Å². The fourth-order valence-electron chi connectivity index (χ4n) is 4.05.